The van der Waals surface area contributed by atoms with Crippen LogP contribution in [0, 0.1) is 5.92 Å². The highest BCUT2D eigenvalue weighted by molar-refractivity contribution is 9.10. The first kappa shape index (κ1) is 13.8. The van der Waals surface area contributed by atoms with Gasteiger partial charge in [-0.2, -0.15) is 0 Å². The Balaban J connectivity index is 1.89. The predicted molar refractivity (Wildman–Crippen MR) is 82.2 cm³/mol. The van der Waals surface area contributed by atoms with Crippen molar-refractivity contribution in [2.24, 2.45) is 5.92 Å². The van der Waals surface area contributed by atoms with Crippen molar-refractivity contribution in [2.75, 3.05) is 11.4 Å². The Bertz CT molecular complexity index is 578. The third-order valence-corrected chi connectivity index (χ3v) is 5.10. The van der Waals surface area contributed by atoms with Crippen LogP contribution in [-0.2, 0) is 11.2 Å². The monoisotopic (exact) mass is 335 g/mol. The highest BCUT2D eigenvalue weighted by Gasteiger charge is 2.27. The number of Topliss-reactive ketones (excluding diaryl/α,β-unsaturated/α-hetero) is 1. The molecule has 0 saturated heterocycles. The highest BCUT2D eigenvalue weighted by Crippen LogP contribution is 2.36. The second kappa shape index (κ2) is 5.32. The number of benzene rings is 1. The second-order valence-corrected chi connectivity index (χ2v) is 6.66. The molecule has 1 saturated carbocycles. The van der Waals surface area contributed by atoms with E-state index in [4.69, 9.17) is 0 Å². The average molecular weight is 336 g/mol. The Hall–Kier alpha value is -1.16. The second-order valence-electron chi connectivity index (χ2n) is 5.81. The van der Waals surface area contributed by atoms with E-state index in [1.165, 1.54) is 19.3 Å². The predicted octanol–water partition coefficient (Wildman–Crippen LogP) is 3.73. The molecule has 1 aliphatic carbocycles. The molecule has 20 heavy (non-hydrogen) atoms. The molecule has 0 unspecified atom stereocenters. The van der Waals surface area contributed by atoms with Crippen molar-refractivity contribution in [3.63, 3.8) is 0 Å². The molecule has 0 bridgehead atoms. The fourth-order valence-corrected chi connectivity index (χ4v) is 3.63. The van der Waals surface area contributed by atoms with Gasteiger partial charge in [-0.3, -0.25) is 9.59 Å². The third-order valence-electron chi connectivity index (χ3n) is 4.44. The molecule has 0 radical (unpaired) electrons. The molecule has 0 atom stereocenters. The van der Waals surface area contributed by atoms with Crippen molar-refractivity contribution in [2.45, 2.75) is 39.0 Å². The lowest BCUT2D eigenvalue weighted by atomic mass is 9.81. The van der Waals surface area contributed by atoms with E-state index in [0.717, 1.165) is 34.3 Å². The quantitative estimate of drug-likeness (QED) is 0.789. The van der Waals surface area contributed by atoms with E-state index in [-0.39, 0.29) is 11.7 Å². The SMILES string of the molecule is CC(=O)N1CCc2cc(Br)c(C(=O)CC3CCC3)cc21. The fourth-order valence-electron chi connectivity index (χ4n) is 3.02. The van der Waals surface area contributed by atoms with E-state index >= 15 is 0 Å². The summed E-state index contributed by atoms with van der Waals surface area (Å²) in [5, 5.41) is 0. The summed E-state index contributed by atoms with van der Waals surface area (Å²) in [5.74, 6) is 0.801. The first-order valence-electron chi connectivity index (χ1n) is 7.20. The minimum absolute atomic E-state index is 0.0449. The summed E-state index contributed by atoms with van der Waals surface area (Å²) in [5.41, 5.74) is 2.79. The number of hydrogen-bond acceptors (Lipinski definition) is 2. The Morgan fingerprint density at radius 1 is 1.35 bits per heavy atom. The van der Waals surface area contributed by atoms with Crippen LogP contribution in [0.2, 0.25) is 0 Å². The van der Waals surface area contributed by atoms with E-state index in [1.807, 2.05) is 12.1 Å². The Morgan fingerprint density at radius 2 is 2.10 bits per heavy atom. The smallest absolute Gasteiger partial charge is 0.223 e. The van der Waals surface area contributed by atoms with Crippen LogP contribution in [0.4, 0.5) is 5.69 Å². The molecule has 0 aromatic heterocycles. The molecule has 3 nitrogen and oxygen atoms in total. The molecule has 2 aliphatic rings. The van der Waals surface area contributed by atoms with Crippen LogP contribution in [0.15, 0.2) is 16.6 Å². The molecule has 0 N–H and O–H groups in total. The van der Waals surface area contributed by atoms with Crippen LogP contribution in [-0.4, -0.2) is 18.2 Å². The van der Waals surface area contributed by atoms with E-state index in [2.05, 4.69) is 15.9 Å². The molecule has 1 amide bonds. The molecule has 0 spiro atoms. The lowest BCUT2D eigenvalue weighted by Gasteiger charge is -2.24. The molecule has 4 heteroatoms. The van der Waals surface area contributed by atoms with E-state index < -0.39 is 0 Å². The molecule has 1 aromatic rings. The van der Waals surface area contributed by atoms with Gasteiger partial charge in [-0.15, -0.1) is 0 Å². The summed E-state index contributed by atoms with van der Waals surface area (Å²) in [6.07, 6.45) is 5.10. The van der Waals surface area contributed by atoms with Gasteiger partial charge in [0.05, 0.1) is 0 Å². The molecular formula is C16H18BrNO2. The van der Waals surface area contributed by atoms with Gasteiger partial charge in [0.25, 0.3) is 0 Å². The van der Waals surface area contributed by atoms with Crippen molar-refractivity contribution in [1.29, 1.82) is 0 Å². The Morgan fingerprint density at radius 3 is 2.70 bits per heavy atom. The van der Waals surface area contributed by atoms with E-state index in [1.54, 1.807) is 11.8 Å². The third kappa shape index (κ3) is 2.41. The number of anilines is 1. The maximum atomic E-state index is 12.4. The van der Waals surface area contributed by atoms with Gasteiger partial charge in [-0.05, 0) is 30.0 Å². The minimum Gasteiger partial charge on any atom is -0.312 e. The Kier molecular flexibility index (Phi) is 3.67. The maximum Gasteiger partial charge on any atom is 0.223 e. The number of ketones is 1. The van der Waals surface area contributed by atoms with Crippen LogP contribution < -0.4 is 4.90 Å². The number of carbonyl (C=O) groups is 2. The van der Waals surface area contributed by atoms with Crippen LogP contribution in [0.5, 0.6) is 0 Å². The maximum absolute atomic E-state index is 12.4. The van der Waals surface area contributed by atoms with Crippen molar-refractivity contribution >= 4 is 33.3 Å². The molecule has 106 valence electrons. The lowest BCUT2D eigenvalue weighted by Crippen LogP contribution is -2.26. The zero-order valence-corrected chi connectivity index (χ0v) is 13.2. The van der Waals surface area contributed by atoms with Crippen molar-refractivity contribution in [3.8, 4) is 0 Å². The van der Waals surface area contributed by atoms with Crippen LogP contribution in [0.3, 0.4) is 0 Å². The average Bonchev–Trinajstić information content (AvgIpc) is 2.75. The highest BCUT2D eigenvalue weighted by atomic mass is 79.9. The van der Waals surface area contributed by atoms with Gasteiger partial charge >= 0.3 is 0 Å². The van der Waals surface area contributed by atoms with E-state index in [9.17, 15) is 9.59 Å². The zero-order chi connectivity index (χ0) is 14.3. The molecule has 1 aromatic carbocycles. The molecule has 1 aliphatic heterocycles. The fraction of sp³-hybridized carbons (Fsp3) is 0.500. The number of hydrogen-bond donors (Lipinski definition) is 0. The molecule has 1 fully saturated rings. The van der Waals surface area contributed by atoms with Gasteiger partial charge in [-0.25, -0.2) is 0 Å². The number of amides is 1. The lowest BCUT2D eigenvalue weighted by molar-refractivity contribution is -0.116. The van der Waals surface area contributed by atoms with Crippen LogP contribution in [0.1, 0.15) is 48.5 Å². The normalized spacial score (nSPS) is 17.8. The standard InChI is InChI=1S/C16H18BrNO2/c1-10(19)18-6-5-12-8-14(17)13(9-15(12)18)16(20)7-11-3-2-4-11/h8-9,11H,2-7H2,1H3. The van der Waals surface area contributed by atoms with Crippen molar-refractivity contribution in [1.82, 2.24) is 0 Å². The van der Waals surface area contributed by atoms with Gasteiger partial charge in [0, 0.05) is 35.6 Å². The molecular weight excluding hydrogens is 318 g/mol. The van der Waals surface area contributed by atoms with Crippen LogP contribution >= 0.6 is 15.9 Å². The molecule has 1 heterocycles. The summed E-state index contributed by atoms with van der Waals surface area (Å²) in [7, 11) is 0. The topological polar surface area (TPSA) is 37.4 Å². The summed E-state index contributed by atoms with van der Waals surface area (Å²) in [4.78, 5) is 25.8. The van der Waals surface area contributed by atoms with E-state index in [0.29, 0.717) is 12.3 Å². The van der Waals surface area contributed by atoms with Crippen molar-refractivity contribution < 1.29 is 9.59 Å². The number of halogens is 1. The number of fused-ring (bicyclic) bond motifs is 1. The zero-order valence-electron chi connectivity index (χ0n) is 11.6. The number of nitrogens with zero attached hydrogens (tertiary/aromatic N) is 1. The van der Waals surface area contributed by atoms with Gasteiger partial charge in [0.2, 0.25) is 5.91 Å². The number of carbonyl (C=O) groups excluding carboxylic acids is 2. The van der Waals surface area contributed by atoms with Gasteiger partial charge in [0.15, 0.2) is 5.78 Å². The summed E-state index contributed by atoms with van der Waals surface area (Å²) in [6.45, 7) is 2.30. The summed E-state index contributed by atoms with van der Waals surface area (Å²) < 4.78 is 0.867. The summed E-state index contributed by atoms with van der Waals surface area (Å²) in [6, 6.07) is 3.90. The van der Waals surface area contributed by atoms with Crippen molar-refractivity contribution in [3.05, 3.63) is 27.7 Å². The summed E-state index contributed by atoms with van der Waals surface area (Å²) >= 11 is 3.51. The first-order valence-corrected chi connectivity index (χ1v) is 7.99. The minimum atomic E-state index is 0.0449. The largest absolute Gasteiger partial charge is 0.312 e. The number of rotatable bonds is 3. The first-order chi connectivity index (χ1) is 9.56. The van der Waals surface area contributed by atoms with Gasteiger partial charge in [-0.1, -0.05) is 35.2 Å². The van der Waals surface area contributed by atoms with Crippen LogP contribution in [0.25, 0.3) is 0 Å². The van der Waals surface area contributed by atoms with Gasteiger partial charge < -0.3 is 4.90 Å². The molecule has 3 rings (SSSR count). The Labute approximate surface area is 127 Å². The van der Waals surface area contributed by atoms with Gasteiger partial charge in [0.1, 0.15) is 0 Å².